The molecular weight excluding hydrogens is 364 g/mol. The van der Waals surface area contributed by atoms with Crippen LogP contribution < -0.4 is 0 Å². The van der Waals surface area contributed by atoms with E-state index in [1.807, 2.05) is 37.3 Å². The van der Waals surface area contributed by atoms with Crippen molar-refractivity contribution in [1.82, 2.24) is 4.98 Å². The SMILES string of the molecule is Cc1ccc(S(=O)(=O)OCC(C)O/N=C/c2cccc3cccnc23)cc1. The van der Waals surface area contributed by atoms with Gasteiger partial charge < -0.3 is 4.84 Å². The molecule has 27 heavy (non-hydrogen) atoms. The van der Waals surface area contributed by atoms with Gasteiger partial charge in [0.1, 0.15) is 12.7 Å². The van der Waals surface area contributed by atoms with Crippen LogP contribution in [-0.4, -0.2) is 32.3 Å². The fourth-order valence-electron chi connectivity index (χ4n) is 2.41. The number of rotatable bonds is 7. The van der Waals surface area contributed by atoms with E-state index in [4.69, 9.17) is 9.02 Å². The first-order valence-electron chi connectivity index (χ1n) is 8.45. The lowest BCUT2D eigenvalue weighted by atomic mass is 10.1. The molecule has 0 spiro atoms. The summed E-state index contributed by atoms with van der Waals surface area (Å²) >= 11 is 0. The molecule has 0 radical (unpaired) electrons. The third-order valence-electron chi connectivity index (χ3n) is 3.86. The molecule has 0 aliphatic rings. The Morgan fingerprint density at radius 2 is 1.85 bits per heavy atom. The zero-order chi connectivity index (χ0) is 19.3. The maximum Gasteiger partial charge on any atom is 0.297 e. The van der Waals surface area contributed by atoms with Crippen LogP contribution in [0.5, 0.6) is 0 Å². The third-order valence-corrected chi connectivity index (χ3v) is 5.16. The molecule has 1 atom stereocenters. The molecule has 0 saturated heterocycles. The minimum absolute atomic E-state index is 0.116. The van der Waals surface area contributed by atoms with Crippen molar-refractivity contribution in [2.75, 3.05) is 6.61 Å². The Bertz CT molecular complexity index is 1040. The normalized spacial score (nSPS) is 13.1. The number of aryl methyl sites for hydroxylation is 1. The van der Waals surface area contributed by atoms with Crippen LogP contribution in [0.25, 0.3) is 10.9 Å². The second-order valence-corrected chi connectivity index (χ2v) is 7.74. The molecule has 1 unspecified atom stereocenters. The van der Waals surface area contributed by atoms with Gasteiger partial charge in [-0.25, -0.2) is 0 Å². The van der Waals surface area contributed by atoms with Crippen molar-refractivity contribution in [3.05, 3.63) is 71.9 Å². The van der Waals surface area contributed by atoms with Crippen molar-refractivity contribution >= 4 is 27.2 Å². The van der Waals surface area contributed by atoms with Crippen LogP contribution in [0.1, 0.15) is 18.1 Å². The topological polar surface area (TPSA) is 77.9 Å². The standard InChI is InChI=1S/C20H20N2O4S/c1-15-8-10-19(11-9-15)27(23,24)25-14-16(2)26-22-13-18-6-3-5-17-7-4-12-21-20(17)18/h3-13,16H,14H2,1-2H3/b22-13+. The van der Waals surface area contributed by atoms with Gasteiger partial charge in [-0.3, -0.25) is 9.17 Å². The number of fused-ring (bicyclic) bond motifs is 1. The minimum Gasteiger partial charge on any atom is -0.390 e. The summed E-state index contributed by atoms with van der Waals surface area (Å²) in [5.41, 5.74) is 2.61. The van der Waals surface area contributed by atoms with E-state index in [2.05, 4.69) is 10.1 Å². The highest BCUT2D eigenvalue weighted by atomic mass is 32.2. The van der Waals surface area contributed by atoms with Crippen molar-refractivity contribution in [2.45, 2.75) is 24.8 Å². The quantitative estimate of drug-likeness (QED) is 0.353. The van der Waals surface area contributed by atoms with Crippen molar-refractivity contribution in [3.63, 3.8) is 0 Å². The molecule has 3 rings (SSSR count). The largest absolute Gasteiger partial charge is 0.390 e. The molecule has 2 aromatic carbocycles. The Balaban J connectivity index is 1.58. The Kier molecular flexibility index (Phi) is 5.83. The highest BCUT2D eigenvalue weighted by Gasteiger charge is 2.17. The summed E-state index contributed by atoms with van der Waals surface area (Å²) in [5.74, 6) is 0. The molecule has 0 bridgehead atoms. The van der Waals surface area contributed by atoms with Crippen LogP contribution in [0, 0.1) is 6.92 Å². The number of para-hydroxylation sites is 1. The lowest BCUT2D eigenvalue weighted by Crippen LogP contribution is -2.17. The van der Waals surface area contributed by atoms with E-state index >= 15 is 0 Å². The Morgan fingerprint density at radius 3 is 2.63 bits per heavy atom. The first-order valence-corrected chi connectivity index (χ1v) is 9.85. The van der Waals surface area contributed by atoms with Gasteiger partial charge in [-0.05, 0) is 32.0 Å². The third kappa shape index (κ3) is 4.90. The summed E-state index contributed by atoms with van der Waals surface area (Å²) in [6.07, 6.45) is 2.73. The summed E-state index contributed by atoms with van der Waals surface area (Å²) in [5, 5.41) is 4.94. The predicted molar refractivity (Wildman–Crippen MR) is 104 cm³/mol. The van der Waals surface area contributed by atoms with E-state index in [0.29, 0.717) is 0 Å². The molecule has 1 heterocycles. The van der Waals surface area contributed by atoms with Gasteiger partial charge in [0.05, 0.1) is 16.6 Å². The van der Waals surface area contributed by atoms with Crippen LogP contribution in [0.4, 0.5) is 0 Å². The summed E-state index contributed by atoms with van der Waals surface area (Å²) < 4.78 is 29.4. The van der Waals surface area contributed by atoms with Crippen LogP contribution in [0.2, 0.25) is 0 Å². The molecule has 6 nitrogen and oxygen atoms in total. The first kappa shape index (κ1) is 19.0. The zero-order valence-electron chi connectivity index (χ0n) is 15.1. The summed E-state index contributed by atoms with van der Waals surface area (Å²) in [7, 11) is -3.82. The summed E-state index contributed by atoms with van der Waals surface area (Å²) in [6, 6.07) is 16.1. The van der Waals surface area contributed by atoms with Gasteiger partial charge in [0.25, 0.3) is 10.1 Å². The Morgan fingerprint density at radius 1 is 1.11 bits per heavy atom. The highest BCUT2D eigenvalue weighted by molar-refractivity contribution is 7.86. The van der Waals surface area contributed by atoms with Crippen molar-refractivity contribution < 1.29 is 17.4 Å². The fraction of sp³-hybridized carbons (Fsp3) is 0.200. The second kappa shape index (κ2) is 8.28. The number of hydrogen-bond acceptors (Lipinski definition) is 6. The molecular formula is C20H20N2O4S. The molecule has 3 aromatic rings. The number of benzene rings is 2. The molecule has 0 aliphatic heterocycles. The van der Waals surface area contributed by atoms with Crippen LogP contribution >= 0.6 is 0 Å². The van der Waals surface area contributed by atoms with E-state index in [1.54, 1.807) is 31.5 Å². The number of nitrogens with zero attached hydrogens (tertiary/aromatic N) is 2. The monoisotopic (exact) mass is 384 g/mol. The predicted octanol–water partition coefficient (Wildman–Crippen LogP) is 3.69. The number of oxime groups is 1. The second-order valence-electron chi connectivity index (χ2n) is 6.12. The van der Waals surface area contributed by atoms with Crippen molar-refractivity contribution in [1.29, 1.82) is 0 Å². The van der Waals surface area contributed by atoms with Gasteiger partial charge in [-0.2, -0.15) is 8.42 Å². The first-order chi connectivity index (χ1) is 13.0. The van der Waals surface area contributed by atoms with E-state index < -0.39 is 16.2 Å². The van der Waals surface area contributed by atoms with Crippen LogP contribution in [0.3, 0.4) is 0 Å². The molecule has 1 aromatic heterocycles. The van der Waals surface area contributed by atoms with Crippen molar-refractivity contribution in [2.24, 2.45) is 5.16 Å². The minimum atomic E-state index is -3.82. The lowest BCUT2D eigenvalue weighted by Gasteiger charge is -2.10. The molecule has 0 saturated carbocycles. The molecule has 0 fully saturated rings. The smallest absolute Gasteiger partial charge is 0.297 e. The van der Waals surface area contributed by atoms with Gasteiger partial charge in [0, 0.05) is 17.1 Å². The van der Waals surface area contributed by atoms with E-state index in [0.717, 1.165) is 22.0 Å². The maximum atomic E-state index is 12.2. The van der Waals surface area contributed by atoms with Crippen LogP contribution in [-0.2, 0) is 19.1 Å². The average molecular weight is 384 g/mol. The molecule has 7 heteroatoms. The zero-order valence-corrected chi connectivity index (χ0v) is 15.9. The van der Waals surface area contributed by atoms with E-state index in [9.17, 15) is 8.42 Å². The lowest BCUT2D eigenvalue weighted by molar-refractivity contribution is 0.0394. The van der Waals surface area contributed by atoms with Gasteiger partial charge in [0.2, 0.25) is 0 Å². The van der Waals surface area contributed by atoms with Gasteiger partial charge in [0.15, 0.2) is 0 Å². The van der Waals surface area contributed by atoms with Gasteiger partial charge in [-0.1, -0.05) is 47.1 Å². The molecule has 140 valence electrons. The van der Waals surface area contributed by atoms with Gasteiger partial charge in [-0.15, -0.1) is 0 Å². The van der Waals surface area contributed by atoms with Crippen molar-refractivity contribution in [3.8, 4) is 0 Å². The average Bonchev–Trinajstić information content (AvgIpc) is 2.67. The molecule has 0 aliphatic carbocycles. The van der Waals surface area contributed by atoms with E-state index in [1.165, 1.54) is 12.1 Å². The summed E-state index contributed by atoms with van der Waals surface area (Å²) in [4.78, 5) is 9.75. The Labute approximate surface area is 158 Å². The molecule has 0 N–H and O–H groups in total. The molecule has 0 amide bonds. The summed E-state index contributed by atoms with van der Waals surface area (Å²) in [6.45, 7) is 3.43. The highest BCUT2D eigenvalue weighted by Crippen LogP contribution is 2.15. The van der Waals surface area contributed by atoms with Crippen LogP contribution in [0.15, 0.2) is 70.8 Å². The number of aromatic nitrogens is 1. The number of hydrogen-bond donors (Lipinski definition) is 0. The number of pyridine rings is 1. The van der Waals surface area contributed by atoms with E-state index in [-0.39, 0.29) is 11.5 Å². The van der Waals surface area contributed by atoms with Gasteiger partial charge >= 0.3 is 0 Å². The maximum absolute atomic E-state index is 12.2. The fourth-order valence-corrected chi connectivity index (χ4v) is 3.39. The Hall–Kier alpha value is -2.77.